The summed E-state index contributed by atoms with van der Waals surface area (Å²) in [6, 6.07) is 0. The van der Waals surface area contributed by atoms with E-state index in [1.807, 2.05) is 0 Å². The van der Waals surface area contributed by atoms with E-state index < -0.39 is 0 Å². The Balaban J connectivity index is 2.44. The predicted molar refractivity (Wildman–Crippen MR) is 51.1 cm³/mol. The molecule has 0 aliphatic heterocycles. The van der Waals surface area contributed by atoms with Gasteiger partial charge >= 0.3 is 0 Å². The van der Waals surface area contributed by atoms with Gasteiger partial charge in [-0.15, -0.1) is 0 Å². The molecule has 0 atom stereocenters. The summed E-state index contributed by atoms with van der Waals surface area (Å²) >= 11 is 0. The number of carbonyl (C=O) groups is 1. The van der Waals surface area contributed by atoms with Crippen molar-refractivity contribution in [3.05, 3.63) is 11.6 Å². The standard InChI is InChI=1S/C11H18O/c1-10-7-5-3-2-4-6-8-11(12)9-10/h7H,2-6,8-9H2,1H3/b10-7-. The Labute approximate surface area is 74.9 Å². The fourth-order valence-electron chi connectivity index (χ4n) is 1.64. The molecule has 0 N–H and O–H groups in total. The van der Waals surface area contributed by atoms with Crippen LogP contribution in [0.25, 0.3) is 0 Å². The Morgan fingerprint density at radius 2 is 1.92 bits per heavy atom. The van der Waals surface area contributed by atoms with E-state index in [4.69, 9.17) is 0 Å². The van der Waals surface area contributed by atoms with Crippen LogP contribution >= 0.6 is 0 Å². The SMILES string of the molecule is C/C1=C/CCCCCCC(=O)C1. The first kappa shape index (κ1) is 9.50. The van der Waals surface area contributed by atoms with Crippen molar-refractivity contribution in [1.29, 1.82) is 0 Å². The Hall–Kier alpha value is -0.590. The minimum atomic E-state index is 0.422. The topological polar surface area (TPSA) is 17.1 Å². The van der Waals surface area contributed by atoms with Crippen LogP contribution in [0, 0.1) is 0 Å². The minimum absolute atomic E-state index is 0.422. The molecule has 0 heterocycles. The van der Waals surface area contributed by atoms with E-state index in [1.54, 1.807) is 0 Å². The van der Waals surface area contributed by atoms with Gasteiger partial charge in [0, 0.05) is 12.8 Å². The minimum Gasteiger partial charge on any atom is -0.299 e. The van der Waals surface area contributed by atoms with Crippen molar-refractivity contribution in [1.82, 2.24) is 0 Å². The van der Waals surface area contributed by atoms with Crippen molar-refractivity contribution >= 4 is 5.78 Å². The average Bonchev–Trinajstić information content (AvgIpc) is 2.02. The number of ketones is 1. The van der Waals surface area contributed by atoms with Crippen LogP contribution in [-0.4, -0.2) is 5.78 Å². The van der Waals surface area contributed by atoms with Crippen LogP contribution in [0.2, 0.25) is 0 Å². The van der Waals surface area contributed by atoms with Gasteiger partial charge in [0.25, 0.3) is 0 Å². The number of hydrogen-bond donors (Lipinski definition) is 0. The molecule has 0 unspecified atom stereocenters. The van der Waals surface area contributed by atoms with Crippen LogP contribution in [0.4, 0.5) is 0 Å². The average molecular weight is 166 g/mol. The summed E-state index contributed by atoms with van der Waals surface area (Å²) in [6.45, 7) is 2.07. The largest absolute Gasteiger partial charge is 0.299 e. The predicted octanol–water partition coefficient (Wildman–Crippen LogP) is 3.25. The second-order valence-electron chi connectivity index (χ2n) is 3.72. The lowest BCUT2D eigenvalue weighted by Gasteiger charge is -2.05. The lowest BCUT2D eigenvalue weighted by Crippen LogP contribution is -1.99. The zero-order chi connectivity index (χ0) is 8.81. The van der Waals surface area contributed by atoms with E-state index in [-0.39, 0.29) is 0 Å². The number of rotatable bonds is 0. The van der Waals surface area contributed by atoms with Crippen molar-refractivity contribution < 1.29 is 4.79 Å². The van der Waals surface area contributed by atoms with Crippen LogP contribution in [0.15, 0.2) is 11.6 Å². The monoisotopic (exact) mass is 166 g/mol. The molecule has 0 amide bonds. The lowest BCUT2D eigenvalue weighted by molar-refractivity contribution is -0.118. The quantitative estimate of drug-likeness (QED) is 0.505. The molecule has 0 aromatic heterocycles. The van der Waals surface area contributed by atoms with Gasteiger partial charge in [-0.1, -0.05) is 24.5 Å². The van der Waals surface area contributed by atoms with Crippen LogP contribution in [0.5, 0.6) is 0 Å². The second kappa shape index (κ2) is 5.13. The van der Waals surface area contributed by atoms with Crippen LogP contribution in [-0.2, 0) is 4.79 Å². The molecular formula is C11H18O. The first-order valence-electron chi connectivity index (χ1n) is 4.96. The number of hydrogen-bond acceptors (Lipinski definition) is 1. The molecule has 0 aromatic rings. The summed E-state index contributed by atoms with van der Waals surface area (Å²) in [5.41, 5.74) is 1.27. The molecule has 0 spiro atoms. The molecule has 12 heavy (non-hydrogen) atoms. The number of carbonyl (C=O) groups excluding carboxylic acids is 1. The number of allylic oxidation sites excluding steroid dienone is 2. The summed E-state index contributed by atoms with van der Waals surface area (Å²) in [7, 11) is 0. The summed E-state index contributed by atoms with van der Waals surface area (Å²) in [5, 5.41) is 0. The first-order chi connectivity index (χ1) is 5.79. The normalized spacial score (nSPS) is 26.1. The summed E-state index contributed by atoms with van der Waals surface area (Å²) in [5.74, 6) is 0.422. The van der Waals surface area contributed by atoms with Crippen LogP contribution in [0.1, 0.15) is 51.9 Å². The molecule has 1 aliphatic carbocycles. The van der Waals surface area contributed by atoms with Crippen molar-refractivity contribution in [2.45, 2.75) is 51.9 Å². The Morgan fingerprint density at radius 1 is 1.17 bits per heavy atom. The summed E-state index contributed by atoms with van der Waals surface area (Å²) in [4.78, 5) is 11.3. The van der Waals surface area contributed by atoms with Crippen molar-refractivity contribution in [3.63, 3.8) is 0 Å². The van der Waals surface area contributed by atoms with E-state index in [1.165, 1.54) is 31.3 Å². The lowest BCUT2D eigenvalue weighted by atomic mass is 10.0. The molecule has 0 bridgehead atoms. The molecule has 1 rings (SSSR count). The maximum Gasteiger partial charge on any atom is 0.136 e. The van der Waals surface area contributed by atoms with Gasteiger partial charge in [0.15, 0.2) is 0 Å². The molecule has 0 saturated carbocycles. The van der Waals surface area contributed by atoms with Crippen LogP contribution < -0.4 is 0 Å². The van der Waals surface area contributed by atoms with Gasteiger partial charge < -0.3 is 0 Å². The molecule has 1 nitrogen and oxygen atoms in total. The highest BCUT2D eigenvalue weighted by atomic mass is 16.1. The highest BCUT2D eigenvalue weighted by Crippen LogP contribution is 2.13. The third-order valence-corrected chi connectivity index (χ3v) is 2.38. The summed E-state index contributed by atoms with van der Waals surface area (Å²) in [6.07, 6.45) is 9.81. The number of Topliss-reactive ketones (excluding diaryl/α,β-unsaturated/α-hetero) is 1. The fourth-order valence-corrected chi connectivity index (χ4v) is 1.64. The molecule has 68 valence electrons. The summed E-state index contributed by atoms with van der Waals surface area (Å²) < 4.78 is 0. The molecule has 1 heteroatoms. The van der Waals surface area contributed by atoms with E-state index in [9.17, 15) is 4.79 Å². The fraction of sp³-hybridized carbons (Fsp3) is 0.727. The second-order valence-corrected chi connectivity index (χ2v) is 3.72. The van der Waals surface area contributed by atoms with Gasteiger partial charge in [-0.25, -0.2) is 0 Å². The third kappa shape index (κ3) is 3.70. The van der Waals surface area contributed by atoms with Crippen molar-refractivity contribution in [2.75, 3.05) is 0 Å². The Morgan fingerprint density at radius 3 is 2.75 bits per heavy atom. The smallest absolute Gasteiger partial charge is 0.136 e. The van der Waals surface area contributed by atoms with Gasteiger partial charge in [-0.05, 0) is 26.2 Å². The van der Waals surface area contributed by atoms with Gasteiger partial charge in [-0.3, -0.25) is 4.79 Å². The molecule has 0 saturated heterocycles. The van der Waals surface area contributed by atoms with E-state index in [0.717, 1.165) is 12.8 Å². The highest BCUT2D eigenvalue weighted by Gasteiger charge is 2.04. The molecule has 0 fully saturated rings. The Kier molecular flexibility index (Phi) is 4.06. The Bertz CT molecular complexity index is 179. The van der Waals surface area contributed by atoms with Crippen LogP contribution in [0.3, 0.4) is 0 Å². The molecule has 0 radical (unpaired) electrons. The molecular weight excluding hydrogens is 148 g/mol. The highest BCUT2D eigenvalue weighted by molar-refractivity contribution is 5.80. The molecule has 0 aromatic carbocycles. The van der Waals surface area contributed by atoms with Gasteiger partial charge in [0.2, 0.25) is 0 Å². The molecule has 1 aliphatic rings. The van der Waals surface area contributed by atoms with Gasteiger partial charge in [0.1, 0.15) is 5.78 Å². The van der Waals surface area contributed by atoms with E-state index in [0.29, 0.717) is 12.2 Å². The van der Waals surface area contributed by atoms with Crippen molar-refractivity contribution in [2.24, 2.45) is 0 Å². The van der Waals surface area contributed by atoms with Gasteiger partial charge in [0.05, 0.1) is 0 Å². The van der Waals surface area contributed by atoms with Gasteiger partial charge in [-0.2, -0.15) is 0 Å². The zero-order valence-corrected chi connectivity index (χ0v) is 7.94. The zero-order valence-electron chi connectivity index (χ0n) is 7.94. The van der Waals surface area contributed by atoms with Crippen molar-refractivity contribution in [3.8, 4) is 0 Å². The maximum atomic E-state index is 11.3. The first-order valence-corrected chi connectivity index (χ1v) is 4.96. The van der Waals surface area contributed by atoms with E-state index >= 15 is 0 Å². The maximum absolute atomic E-state index is 11.3. The third-order valence-electron chi connectivity index (χ3n) is 2.38. The van der Waals surface area contributed by atoms with E-state index in [2.05, 4.69) is 13.0 Å².